The van der Waals surface area contributed by atoms with E-state index >= 15 is 0 Å². The Hall–Kier alpha value is -3.30. The molecule has 0 spiro atoms. The first-order valence-corrected chi connectivity index (χ1v) is 11.4. The minimum atomic E-state index is -0.497. The summed E-state index contributed by atoms with van der Waals surface area (Å²) in [6.45, 7) is 4.15. The first kappa shape index (κ1) is 22.5. The third-order valence-corrected chi connectivity index (χ3v) is 6.58. The van der Waals surface area contributed by atoms with E-state index in [4.69, 9.17) is 16.3 Å². The third-order valence-electron chi connectivity index (χ3n) is 6.26. The van der Waals surface area contributed by atoms with Crippen molar-refractivity contribution in [2.24, 2.45) is 0 Å². The standard InChI is InChI=1S/C24H23ClFN5O3/c1-15-2-4-16(5-3-15)21-13-31-20(14-34-21)22(27-28-31)24(33)30-10-8-29(9-11-30)23(32)18-7-6-17(26)12-19(18)25/h2-7,12,21H,8-11,13-14H2,1H3/t21-/m1/s1. The summed E-state index contributed by atoms with van der Waals surface area (Å²) >= 11 is 6.03. The number of fused-ring (bicyclic) bond motifs is 1. The van der Waals surface area contributed by atoms with Gasteiger partial charge in [0, 0.05) is 26.2 Å². The molecule has 10 heteroatoms. The highest BCUT2D eigenvalue weighted by Gasteiger charge is 2.32. The molecule has 2 aromatic carbocycles. The van der Waals surface area contributed by atoms with Crippen molar-refractivity contribution < 1.29 is 18.7 Å². The highest BCUT2D eigenvalue weighted by atomic mass is 35.5. The number of piperazine rings is 1. The lowest BCUT2D eigenvalue weighted by atomic mass is 10.1. The van der Waals surface area contributed by atoms with Crippen molar-refractivity contribution in [1.82, 2.24) is 24.8 Å². The number of benzene rings is 2. The van der Waals surface area contributed by atoms with Crippen LogP contribution in [0.2, 0.25) is 5.02 Å². The van der Waals surface area contributed by atoms with Crippen LogP contribution < -0.4 is 0 Å². The molecule has 2 aliphatic heterocycles. The average molecular weight is 484 g/mol. The van der Waals surface area contributed by atoms with E-state index in [1.165, 1.54) is 17.7 Å². The quantitative estimate of drug-likeness (QED) is 0.571. The zero-order chi connectivity index (χ0) is 23.8. The van der Waals surface area contributed by atoms with Crippen molar-refractivity contribution in [3.8, 4) is 0 Å². The van der Waals surface area contributed by atoms with Crippen molar-refractivity contribution in [2.45, 2.75) is 26.2 Å². The monoisotopic (exact) mass is 483 g/mol. The zero-order valence-electron chi connectivity index (χ0n) is 18.6. The summed E-state index contributed by atoms with van der Waals surface area (Å²) in [6, 6.07) is 11.9. The van der Waals surface area contributed by atoms with Crippen LogP contribution in [-0.4, -0.2) is 62.8 Å². The Kier molecular flexibility index (Phi) is 6.05. The van der Waals surface area contributed by atoms with E-state index in [9.17, 15) is 14.0 Å². The van der Waals surface area contributed by atoms with Crippen molar-refractivity contribution in [3.05, 3.63) is 81.4 Å². The molecule has 8 nitrogen and oxygen atoms in total. The number of carbonyl (C=O) groups is 2. The van der Waals surface area contributed by atoms with Gasteiger partial charge in [0.05, 0.1) is 29.4 Å². The lowest BCUT2D eigenvalue weighted by Gasteiger charge is -2.34. The number of hydrogen-bond acceptors (Lipinski definition) is 5. The predicted octanol–water partition coefficient (Wildman–Crippen LogP) is 3.25. The van der Waals surface area contributed by atoms with Crippen LogP contribution in [0.15, 0.2) is 42.5 Å². The van der Waals surface area contributed by atoms with Crippen molar-refractivity contribution >= 4 is 23.4 Å². The molecule has 1 fully saturated rings. The van der Waals surface area contributed by atoms with Crippen molar-refractivity contribution in [2.75, 3.05) is 26.2 Å². The van der Waals surface area contributed by atoms with Crippen LogP contribution in [0, 0.1) is 12.7 Å². The van der Waals surface area contributed by atoms with Gasteiger partial charge in [0.2, 0.25) is 0 Å². The van der Waals surface area contributed by atoms with E-state index in [1.54, 1.807) is 14.5 Å². The highest BCUT2D eigenvalue weighted by Crippen LogP contribution is 2.28. The molecule has 176 valence electrons. The average Bonchev–Trinajstić information content (AvgIpc) is 3.27. The normalized spacial score (nSPS) is 18.0. The van der Waals surface area contributed by atoms with Gasteiger partial charge in [0.15, 0.2) is 5.69 Å². The van der Waals surface area contributed by atoms with Gasteiger partial charge in [0.1, 0.15) is 11.9 Å². The van der Waals surface area contributed by atoms with Crippen LogP contribution in [0.5, 0.6) is 0 Å². The molecule has 34 heavy (non-hydrogen) atoms. The fourth-order valence-corrected chi connectivity index (χ4v) is 4.50. The van der Waals surface area contributed by atoms with Gasteiger partial charge < -0.3 is 14.5 Å². The summed E-state index contributed by atoms with van der Waals surface area (Å²) < 4.78 is 21.0. The zero-order valence-corrected chi connectivity index (χ0v) is 19.3. The van der Waals surface area contributed by atoms with Gasteiger partial charge in [0.25, 0.3) is 11.8 Å². The van der Waals surface area contributed by atoms with E-state index in [0.29, 0.717) is 38.4 Å². The SMILES string of the molecule is Cc1ccc([C@H]2Cn3nnc(C(=O)N4CCN(C(=O)c5ccc(F)cc5Cl)CC4)c3CO2)cc1. The number of ether oxygens (including phenoxy) is 1. The molecule has 3 aromatic rings. The molecule has 5 rings (SSSR count). The Morgan fingerprint density at radius 3 is 2.38 bits per heavy atom. The first-order chi connectivity index (χ1) is 16.4. The minimum absolute atomic E-state index is 0.0724. The van der Waals surface area contributed by atoms with Gasteiger partial charge in [-0.1, -0.05) is 46.6 Å². The Bertz CT molecular complexity index is 1240. The molecule has 2 amide bonds. The summed E-state index contributed by atoms with van der Waals surface area (Å²) in [4.78, 5) is 29.2. The lowest BCUT2D eigenvalue weighted by Crippen LogP contribution is -2.51. The molecule has 0 aliphatic carbocycles. The number of amides is 2. The van der Waals surface area contributed by atoms with Gasteiger partial charge in [-0.25, -0.2) is 9.07 Å². The van der Waals surface area contributed by atoms with Crippen LogP contribution in [0.4, 0.5) is 4.39 Å². The molecule has 0 saturated carbocycles. The maximum atomic E-state index is 13.3. The number of halogens is 2. The fourth-order valence-electron chi connectivity index (χ4n) is 4.26. The molecular formula is C24H23ClFN5O3. The number of rotatable bonds is 3. The van der Waals surface area contributed by atoms with Crippen LogP contribution in [0.25, 0.3) is 0 Å². The van der Waals surface area contributed by atoms with Crippen molar-refractivity contribution in [3.63, 3.8) is 0 Å². The van der Waals surface area contributed by atoms with Gasteiger partial charge >= 0.3 is 0 Å². The summed E-state index contributed by atoms with van der Waals surface area (Å²) in [5.41, 5.74) is 3.42. The second-order valence-electron chi connectivity index (χ2n) is 8.49. The Balaban J connectivity index is 1.23. The smallest absolute Gasteiger partial charge is 0.276 e. The summed E-state index contributed by atoms with van der Waals surface area (Å²) in [5.74, 6) is -1.01. The topological polar surface area (TPSA) is 80.6 Å². The molecule has 3 heterocycles. The summed E-state index contributed by atoms with van der Waals surface area (Å²) in [7, 11) is 0. The van der Waals surface area contributed by atoms with Gasteiger partial charge in [-0.15, -0.1) is 5.10 Å². The summed E-state index contributed by atoms with van der Waals surface area (Å²) in [5, 5.41) is 8.41. The third kappa shape index (κ3) is 4.28. The molecule has 0 bridgehead atoms. The second-order valence-corrected chi connectivity index (χ2v) is 8.89. The minimum Gasteiger partial charge on any atom is -0.365 e. The van der Waals surface area contributed by atoms with Gasteiger partial charge in [-0.2, -0.15) is 0 Å². The van der Waals surface area contributed by atoms with Crippen molar-refractivity contribution in [1.29, 1.82) is 0 Å². The Morgan fingerprint density at radius 2 is 1.71 bits per heavy atom. The van der Waals surface area contributed by atoms with E-state index in [0.717, 1.165) is 11.6 Å². The predicted molar refractivity (Wildman–Crippen MR) is 122 cm³/mol. The fraction of sp³-hybridized carbons (Fsp3) is 0.333. The van der Waals surface area contributed by atoms with E-state index < -0.39 is 5.82 Å². The first-order valence-electron chi connectivity index (χ1n) is 11.0. The van der Waals surface area contributed by atoms with E-state index in [-0.39, 0.29) is 40.8 Å². The van der Waals surface area contributed by atoms with E-state index in [1.807, 2.05) is 31.2 Å². The van der Waals surface area contributed by atoms with Crippen LogP contribution in [0.3, 0.4) is 0 Å². The number of hydrogen-bond donors (Lipinski definition) is 0. The molecule has 0 unspecified atom stereocenters. The highest BCUT2D eigenvalue weighted by molar-refractivity contribution is 6.33. The molecular weight excluding hydrogens is 461 g/mol. The molecule has 0 radical (unpaired) electrons. The molecule has 2 aliphatic rings. The van der Waals surface area contributed by atoms with E-state index in [2.05, 4.69) is 10.3 Å². The van der Waals surface area contributed by atoms with Gasteiger partial charge in [-0.3, -0.25) is 9.59 Å². The van der Waals surface area contributed by atoms with Gasteiger partial charge in [-0.05, 0) is 30.7 Å². The Morgan fingerprint density at radius 1 is 1.03 bits per heavy atom. The summed E-state index contributed by atoms with van der Waals surface area (Å²) in [6.07, 6.45) is -0.148. The number of carbonyl (C=O) groups excluding carboxylic acids is 2. The second kappa shape index (κ2) is 9.15. The number of aryl methyl sites for hydroxylation is 1. The molecule has 1 aromatic heterocycles. The van der Waals surface area contributed by atoms with Crippen LogP contribution >= 0.6 is 11.6 Å². The molecule has 1 atom stereocenters. The Labute approximate surface area is 200 Å². The van der Waals surface area contributed by atoms with Crippen LogP contribution in [0.1, 0.15) is 43.8 Å². The number of aromatic nitrogens is 3. The van der Waals surface area contributed by atoms with Crippen LogP contribution in [-0.2, 0) is 17.9 Å². The molecule has 1 saturated heterocycles. The number of nitrogens with zero attached hydrogens (tertiary/aromatic N) is 5. The largest absolute Gasteiger partial charge is 0.365 e. The molecule has 0 N–H and O–H groups in total. The maximum absolute atomic E-state index is 13.3. The lowest BCUT2D eigenvalue weighted by molar-refractivity contribution is -0.00203. The maximum Gasteiger partial charge on any atom is 0.276 e.